The SMILES string of the molecule is O=C(C[C@H]1Sc2ccccc2NC1=O)NCCCOC1CCCCC1. The van der Waals surface area contributed by atoms with Crippen molar-refractivity contribution in [2.45, 2.75) is 61.2 Å². The van der Waals surface area contributed by atoms with Crippen LogP contribution >= 0.6 is 11.8 Å². The summed E-state index contributed by atoms with van der Waals surface area (Å²) in [5, 5.41) is 5.40. The molecule has 0 spiro atoms. The van der Waals surface area contributed by atoms with Crippen LogP contribution in [0.5, 0.6) is 0 Å². The molecule has 0 unspecified atom stereocenters. The average Bonchev–Trinajstić information content (AvgIpc) is 2.63. The number of hydrogen-bond acceptors (Lipinski definition) is 4. The van der Waals surface area contributed by atoms with Crippen LogP contribution in [0.25, 0.3) is 0 Å². The summed E-state index contributed by atoms with van der Waals surface area (Å²) in [7, 11) is 0. The lowest BCUT2D eigenvalue weighted by Crippen LogP contribution is -2.35. The molecule has 0 bridgehead atoms. The van der Waals surface area contributed by atoms with Gasteiger partial charge in [0, 0.05) is 24.5 Å². The van der Waals surface area contributed by atoms with Gasteiger partial charge >= 0.3 is 0 Å². The van der Waals surface area contributed by atoms with Gasteiger partial charge in [0.2, 0.25) is 11.8 Å². The Balaban J connectivity index is 1.33. The Morgan fingerprint density at radius 2 is 2.04 bits per heavy atom. The zero-order chi connectivity index (χ0) is 17.5. The first-order valence-corrected chi connectivity index (χ1v) is 10.0. The van der Waals surface area contributed by atoms with Gasteiger partial charge in [-0.3, -0.25) is 9.59 Å². The summed E-state index contributed by atoms with van der Waals surface area (Å²) in [5.74, 6) is -0.177. The molecule has 6 heteroatoms. The quantitative estimate of drug-likeness (QED) is 0.730. The van der Waals surface area contributed by atoms with E-state index in [2.05, 4.69) is 10.6 Å². The number of rotatable bonds is 7. The second-order valence-corrected chi connectivity index (χ2v) is 7.87. The van der Waals surface area contributed by atoms with Gasteiger partial charge in [-0.05, 0) is 31.4 Å². The van der Waals surface area contributed by atoms with Crippen LogP contribution in [0, 0.1) is 0 Å². The van der Waals surface area contributed by atoms with Gasteiger partial charge in [0.15, 0.2) is 0 Å². The minimum atomic E-state index is -0.367. The Kier molecular flexibility index (Phi) is 6.76. The fraction of sp³-hybridized carbons (Fsp3) is 0.579. The maximum atomic E-state index is 12.1. The van der Waals surface area contributed by atoms with Crippen molar-refractivity contribution >= 4 is 29.3 Å². The second kappa shape index (κ2) is 9.25. The van der Waals surface area contributed by atoms with Crippen molar-refractivity contribution in [2.24, 2.45) is 0 Å². The molecule has 3 rings (SSSR count). The molecule has 136 valence electrons. The number of fused-ring (bicyclic) bond motifs is 1. The summed E-state index contributed by atoms with van der Waals surface area (Å²) < 4.78 is 5.85. The molecular formula is C19H26N2O3S. The number of ether oxygens (including phenoxy) is 1. The van der Waals surface area contributed by atoms with Crippen LogP contribution in [0.1, 0.15) is 44.9 Å². The van der Waals surface area contributed by atoms with Crippen molar-refractivity contribution < 1.29 is 14.3 Å². The van der Waals surface area contributed by atoms with E-state index in [1.54, 1.807) is 0 Å². The van der Waals surface area contributed by atoms with Gasteiger partial charge in [-0.1, -0.05) is 31.4 Å². The Morgan fingerprint density at radius 3 is 2.88 bits per heavy atom. The molecule has 1 aromatic rings. The molecule has 5 nitrogen and oxygen atoms in total. The molecule has 1 fully saturated rings. The highest BCUT2D eigenvalue weighted by Crippen LogP contribution is 2.36. The number of thioether (sulfide) groups is 1. The van der Waals surface area contributed by atoms with Crippen molar-refractivity contribution in [3.63, 3.8) is 0 Å². The second-order valence-electron chi connectivity index (χ2n) is 6.63. The van der Waals surface area contributed by atoms with Crippen LogP contribution in [-0.2, 0) is 14.3 Å². The molecule has 1 aliphatic heterocycles. The summed E-state index contributed by atoms with van der Waals surface area (Å²) in [5.41, 5.74) is 0.828. The molecule has 1 heterocycles. The van der Waals surface area contributed by atoms with Crippen LogP contribution in [-0.4, -0.2) is 36.3 Å². The minimum Gasteiger partial charge on any atom is -0.378 e. The highest BCUT2D eigenvalue weighted by atomic mass is 32.2. The summed E-state index contributed by atoms with van der Waals surface area (Å²) in [6, 6.07) is 7.67. The van der Waals surface area contributed by atoms with E-state index in [9.17, 15) is 9.59 Å². The smallest absolute Gasteiger partial charge is 0.238 e. The standard InChI is InChI=1S/C19H26N2O3S/c22-18(20-11-6-12-24-14-7-2-1-3-8-14)13-17-19(23)21-15-9-4-5-10-16(15)25-17/h4-5,9-10,14,17H,1-3,6-8,11-13H2,(H,20,22)(H,21,23)/t17-/m1/s1. The van der Waals surface area contributed by atoms with Gasteiger partial charge in [0.25, 0.3) is 0 Å². The normalized spacial score (nSPS) is 20.6. The fourth-order valence-electron chi connectivity index (χ4n) is 3.25. The average molecular weight is 362 g/mol. The number of para-hydroxylation sites is 1. The number of amides is 2. The van der Waals surface area contributed by atoms with E-state index in [-0.39, 0.29) is 23.5 Å². The molecular weight excluding hydrogens is 336 g/mol. The van der Waals surface area contributed by atoms with Crippen molar-refractivity contribution in [3.8, 4) is 0 Å². The van der Waals surface area contributed by atoms with Crippen LogP contribution in [0.2, 0.25) is 0 Å². The highest BCUT2D eigenvalue weighted by molar-refractivity contribution is 8.01. The third-order valence-corrected chi connectivity index (χ3v) is 5.90. The lowest BCUT2D eigenvalue weighted by molar-refractivity contribution is -0.124. The van der Waals surface area contributed by atoms with E-state index in [0.29, 0.717) is 19.3 Å². The monoisotopic (exact) mass is 362 g/mol. The maximum absolute atomic E-state index is 12.1. The first-order valence-electron chi connectivity index (χ1n) is 9.17. The first kappa shape index (κ1) is 18.3. The number of nitrogens with one attached hydrogen (secondary N) is 2. The lowest BCUT2D eigenvalue weighted by atomic mass is 9.98. The number of anilines is 1. The van der Waals surface area contributed by atoms with E-state index in [0.717, 1.165) is 17.0 Å². The highest BCUT2D eigenvalue weighted by Gasteiger charge is 2.28. The molecule has 0 saturated heterocycles. The Bertz CT molecular complexity index is 602. The van der Waals surface area contributed by atoms with Gasteiger partial charge in [0.05, 0.1) is 17.0 Å². The van der Waals surface area contributed by atoms with Gasteiger partial charge in [-0.15, -0.1) is 11.8 Å². The molecule has 25 heavy (non-hydrogen) atoms. The van der Waals surface area contributed by atoms with Crippen LogP contribution < -0.4 is 10.6 Å². The van der Waals surface area contributed by atoms with Crippen molar-refractivity contribution in [3.05, 3.63) is 24.3 Å². The molecule has 1 saturated carbocycles. The lowest BCUT2D eigenvalue weighted by Gasteiger charge is -2.23. The van der Waals surface area contributed by atoms with E-state index in [1.807, 2.05) is 24.3 Å². The van der Waals surface area contributed by atoms with Crippen molar-refractivity contribution in [2.75, 3.05) is 18.5 Å². The molecule has 1 atom stereocenters. The molecule has 1 aromatic carbocycles. The van der Waals surface area contributed by atoms with Gasteiger partial charge < -0.3 is 15.4 Å². The zero-order valence-electron chi connectivity index (χ0n) is 14.5. The van der Waals surface area contributed by atoms with Crippen LogP contribution in [0.3, 0.4) is 0 Å². The van der Waals surface area contributed by atoms with Crippen LogP contribution in [0.15, 0.2) is 29.2 Å². The minimum absolute atomic E-state index is 0.0790. The van der Waals surface area contributed by atoms with Crippen molar-refractivity contribution in [1.29, 1.82) is 0 Å². The molecule has 0 radical (unpaired) electrons. The Labute approximate surface area is 153 Å². The molecule has 1 aliphatic carbocycles. The van der Waals surface area contributed by atoms with E-state index >= 15 is 0 Å². The van der Waals surface area contributed by atoms with Crippen LogP contribution in [0.4, 0.5) is 5.69 Å². The molecule has 2 amide bonds. The predicted molar refractivity (Wildman–Crippen MR) is 99.8 cm³/mol. The summed E-state index contributed by atoms with van der Waals surface area (Å²) in [4.78, 5) is 25.2. The number of carbonyl (C=O) groups excluding carboxylic acids is 2. The summed E-state index contributed by atoms with van der Waals surface area (Å²) in [6.45, 7) is 1.29. The Morgan fingerprint density at radius 1 is 1.24 bits per heavy atom. The van der Waals surface area contributed by atoms with Gasteiger partial charge in [-0.2, -0.15) is 0 Å². The largest absolute Gasteiger partial charge is 0.378 e. The molecule has 2 N–H and O–H groups in total. The Hall–Kier alpha value is -1.53. The van der Waals surface area contributed by atoms with Crippen molar-refractivity contribution in [1.82, 2.24) is 5.32 Å². The first-order chi connectivity index (χ1) is 12.2. The maximum Gasteiger partial charge on any atom is 0.238 e. The summed E-state index contributed by atoms with van der Waals surface area (Å²) in [6.07, 6.45) is 7.63. The number of benzene rings is 1. The third-order valence-electron chi connectivity index (χ3n) is 4.63. The van der Waals surface area contributed by atoms with Gasteiger partial charge in [0.1, 0.15) is 0 Å². The third kappa shape index (κ3) is 5.47. The van der Waals surface area contributed by atoms with Gasteiger partial charge in [-0.25, -0.2) is 0 Å². The topological polar surface area (TPSA) is 67.4 Å². The van der Waals surface area contributed by atoms with E-state index < -0.39 is 0 Å². The number of hydrogen-bond donors (Lipinski definition) is 2. The summed E-state index contributed by atoms with van der Waals surface area (Å²) >= 11 is 1.46. The molecule has 2 aliphatic rings. The number of carbonyl (C=O) groups is 2. The predicted octanol–water partition coefficient (Wildman–Crippen LogP) is 3.35. The zero-order valence-corrected chi connectivity index (χ0v) is 15.3. The fourth-order valence-corrected chi connectivity index (χ4v) is 4.36. The van der Waals surface area contributed by atoms with E-state index in [1.165, 1.54) is 43.9 Å². The molecule has 0 aromatic heterocycles. The van der Waals surface area contributed by atoms with E-state index in [4.69, 9.17) is 4.74 Å².